The Balaban J connectivity index is 1.91. The minimum Gasteiger partial charge on any atom is -0.497 e. The minimum absolute atomic E-state index is 0.757. The maximum absolute atomic E-state index is 5.28. The van der Waals surface area contributed by atoms with Crippen molar-refractivity contribution in [3.05, 3.63) is 29.8 Å². The van der Waals surface area contributed by atoms with Crippen LogP contribution in [-0.2, 0) is 6.54 Å². The van der Waals surface area contributed by atoms with E-state index in [1.54, 1.807) is 7.11 Å². The van der Waals surface area contributed by atoms with Gasteiger partial charge in [0.05, 0.1) is 7.11 Å². The lowest BCUT2D eigenvalue weighted by Gasteiger charge is -2.33. The van der Waals surface area contributed by atoms with Gasteiger partial charge in [0.2, 0.25) is 0 Å². The molecule has 2 nitrogen and oxygen atoms in total. The molecule has 1 aromatic rings. The van der Waals surface area contributed by atoms with Gasteiger partial charge in [0.25, 0.3) is 0 Å². The summed E-state index contributed by atoms with van der Waals surface area (Å²) in [6, 6.07) is 9.16. The molecule has 0 N–H and O–H groups in total. The number of rotatable bonds is 4. The van der Waals surface area contributed by atoms with E-state index in [0.29, 0.717) is 0 Å². The van der Waals surface area contributed by atoms with Gasteiger partial charge in [-0.3, -0.25) is 4.90 Å². The van der Waals surface area contributed by atoms with E-state index in [-0.39, 0.29) is 0 Å². The van der Waals surface area contributed by atoms with Crippen LogP contribution < -0.4 is 4.74 Å². The molecular weight excluding hydrogens is 222 g/mol. The summed E-state index contributed by atoms with van der Waals surface area (Å²) in [7, 11) is 3.98. The molecule has 2 heteroatoms. The van der Waals surface area contributed by atoms with Crippen LogP contribution in [0.5, 0.6) is 5.75 Å². The molecule has 0 bridgehead atoms. The van der Waals surface area contributed by atoms with E-state index >= 15 is 0 Å². The van der Waals surface area contributed by atoms with Crippen LogP contribution in [0.25, 0.3) is 0 Å². The first kappa shape index (κ1) is 13.4. The molecule has 0 amide bonds. The number of nitrogens with zero attached hydrogens (tertiary/aromatic N) is 1. The highest BCUT2D eigenvalue weighted by molar-refractivity contribution is 5.28. The Labute approximate surface area is 111 Å². The van der Waals surface area contributed by atoms with Crippen molar-refractivity contribution in [3.63, 3.8) is 0 Å². The van der Waals surface area contributed by atoms with Gasteiger partial charge in [-0.2, -0.15) is 0 Å². The van der Waals surface area contributed by atoms with Crippen molar-refractivity contribution in [1.82, 2.24) is 4.90 Å². The summed E-state index contributed by atoms with van der Waals surface area (Å²) in [6.07, 6.45) is 5.46. The van der Waals surface area contributed by atoms with Gasteiger partial charge in [-0.1, -0.05) is 19.1 Å². The molecule has 0 aliphatic heterocycles. The third-order valence-corrected chi connectivity index (χ3v) is 4.17. The summed E-state index contributed by atoms with van der Waals surface area (Å²) in [5, 5.41) is 0. The summed E-state index contributed by atoms with van der Waals surface area (Å²) >= 11 is 0. The first-order valence-electron chi connectivity index (χ1n) is 7.02. The Morgan fingerprint density at radius 2 is 1.94 bits per heavy atom. The molecule has 0 heterocycles. The van der Waals surface area contributed by atoms with Crippen LogP contribution in [0, 0.1) is 5.92 Å². The van der Waals surface area contributed by atoms with E-state index in [0.717, 1.165) is 24.3 Å². The van der Waals surface area contributed by atoms with Crippen LogP contribution in [0.3, 0.4) is 0 Å². The van der Waals surface area contributed by atoms with E-state index in [4.69, 9.17) is 4.74 Å². The normalized spacial score (nSPS) is 24.2. The fraction of sp³-hybridized carbons (Fsp3) is 0.625. The van der Waals surface area contributed by atoms with Crippen molar-refractivity contribution < 1.29 is 4.74 Å². The highest BCUT2D eigenvalue weighted by Crippen LogP contribution is 2.27. The van der Waals surface area contributed by atoms with Gasteiger partial charge in [-0.05, 0) is 56.3 Å². The highest BCUT2D eigenvalue weighted by Gasteiger charge is 2.21. The molecular formula is C16H25NO. The molecule has 18 heavy (non-hydrogen) atoms. The lowest BCUT2D eigenvalue weighted by atomic mass is 9.86. The lowest BCUT2D eigenvalue weighted by molar-refractivity contribution is 0.164. The summed E-state index contributed by atoms with van der Waals surface area (Å²) < 4.78 is 5.28. The smallest absolute Gasteiger partial charge is 0.119 e. The minimum atomic E-state index is 0.757. The Morgan fingerprint density at radius 1 is 1.22 bits per heavy atom. The van der Waals surface area contributed by atoms with E-state index in [1.165, 1.54) is 31.2 Å². The molecule has 0 spiro atoms. The van der Waals surface area contributed by atoms with Crippen molar-refractivity contribution in [1.29, 1.82) is 0 Å². The highest BCUT2D eigenvalue weighted by atomic mass is 16.5. The number of hydrogen-bond donors (Lipinski definition) is 0. The zero-order chi connectivity index (χ0) is 13.0. The zero-order valence-corrected chi connectivity index (χ0v) is 11.9. The van der Waals surface area contributed by atoms with Gasteiger partial charge in [-0.15, -0.1) is 0 Å². The van der Waals surface area contributed by atoms with Crippen molar-refractivity contribution >= 4 is 0 Å². The molecule has 1 saturated carbocycles. The van der Waals surface area contributed by atoms with E-state index in [9.17, 15) is 0 Å². The van der Waals surface area contributed by atoms with Crippen LogP contribution in [0.2, 0.25) is 0 Å². The van der Waals surface area contributed by atoms with Gasteiger partial charge < -0.3 is 4.74 Å². The molecule has 1 aliphatic rings. The summed E-state index contributed by atoms with van der Waals surface area (Å²) in [5.74, 6) is 1.88. The first-order valence-corrected chi connectivity index (χ1v) is 7.02. The molecule has 0 unspecified atom stereocenters. The average Bonchev–Trinajstić information content (AvgIpc) is 2.39. The fourth-order valence-electron chi connectivity index (χ4n) is 2.87. The second kappa shape index (κ2) is 6.24. The molecule has 1 aliphatic carbocycles. The molecule has 0 saturated heterocycles. The maximum Gasteiger partial charge on any atom is 0.119 e. The molecule has 1 aromatic carbocycles. The largest absolute Gasteiger partial charge is 0.497 e. The van der Waals surface area contributed by atoms with Crippen molar-refractivity contribution in [3.8, 4) is 5.75 Å². The predicted molar refractivity (Wildman–Crippen MR) is 75.9 cm³/mol. The predicted octanol–water partition coefficient (Wildman–Crippen LogP) is 3.71. The Hall–Kier alpha value is -1.02. The average molecular weight is 247 g/mol. The number of hydrogen-bond acceptors (Lipinski definition) is 2. The second-order valence-electron chi connectivity index (χ2n) is 5.68. The maximum atomic E-state index is 5.28. The summed E-state index contributed by atoms with van der Waals surface area (Å²) in [4.78, 5) is 2.50. The third kappa shape index (κ3) is 3.49. The zero-order valence-electron chi connectivity index (χ0n) is 11.9. The SMILES string of the molecule is COc1cccc(CN(C)[C@H]2CC[C@H](C)CC2)c1. The van der Waals surface area contributed by atoms with E-state index in [1.807, 2.05) is 6.07 Å². The van der Waals surface area contributed by atoms with Crippen molar-refractivity contribution in [2.24, 2.45) is 5.92 Å². The summed E-state index contributed by atoms with van der Waals surface area (Å²) in [5.41, 5.74) is 1.34. The van der Waals surface area contributed by atoms with Crippen LogP contribution in [0.1, 0.15) is 38.2 Å². The van der Waals surface area contributed by atoms with Gasteiger partial charge in [0.15, 0.2) is 0 Å². The Bertz CT molecular complexity index is 369. The van der Waals surface area contributed by atoms with Crippen LogP contribution >= 0.6 is 0 Å². The molecule has 0 atom stereocenters. The van der Waals surface area contributed by atoms with Crippen LogP contribution in [-0.4, -0.2) is 25.1 Å². The molecule has 0 aromatic heterocycles. The van der Waals surface area contributed by atoms with Gasteiger partial charge in [0.1, 0.15) is 5.75 Å². The molecule has 1 fully saturated rings. The van der Waals surface area contributed by atoms with Gasteiger partial charge in [0, 0.05) is 12.6 Å². The quantitative estimate of drug-likeness (QED) is 0.804. The molecule has 100 valence electrons. The Morgan fingerprint density at radius 3 is 2.61 bits per heavy atom. The summed E-state index contributed by atoms with van der Waals surface area (Å²) in [6.45, 7) is 3.40. The van der Waals surface area contributed by atoms with Crippen LogP contribution in [0.15, 0.2) is 24.3 Å². The van der Waals surface area contributed by atoms with Crippen molar-refractivity contribution in [2.75, 3.05) is 14.2 Å². The lowest BCUT2D eigenvalue weighted by Crippen LogP contribution is -2.34. The fourth-order valence-corrected chi connectivity index (χ4v) is 2.87. The second-order valence-corrected chi connectivity index (χ2v) is 5.68. The van der Waals surface area contributed by atoms with Gasteiger partial charge in [-0.25, -0.2) is 0 Å². The standard InChI is InChI=1S/C16H25NO/c1-13-7-9-15(10-8-13)17(2)12-14-5-4-6-16(11-14)18-3/h4-6,11,13,15H,7-10,12H2,1-3H3/t13-,15-. The van der Waals surface area contributed by atoms with E-state index < -0.39 is 0 Å². The van der Waals surface area contributed by atoms with Crippen LogP contribution in [0.4, 0.5) is 0 Å². The topological polar surface area (TPSA) is 12.5 Å². The Kier molecular flexibility index (Phi) is 4.65. The van der Waals surface area contributed by atoms with Crippen molar-refractivity contribution in [2.45, 2.75) is 45.2 Å². The molecule has 0 radical (unpaired) electrons. The molecule has 2 rings (SSSR count). The number of methoxy groups -OCH3 is 1. The van der Waals surface area contributed by atoms with E-state index in [2.05, 4.69) is 37.1 Å². The van der Waals surface area contributed by atoms with Gasteiger partial charge >= 0.3 is 0 Å². The number of ether oxygens (including phenoxy) is 1. The third-order valence-electron chi connectivity index (χ3n) is 4.17. The first-order chi connectivity index (χ1) is 8.69. The monoisotopic (exact) mass is 247 g/mol. The number of benzene rings is 1.